The first-order chi connectivity index (χ1) is 11.4. The molecule has 24 heavy (non-hydrogen) atoms. The van der Waals surface area contributed by atoms with Gasteiger partial charge in [0.2, 0.25) is 0 Å². The molecule has 1 aromatic rings. The average molecular weight is 334 g/mol. The van der Waals surface area contributed by atoms with Crippen LogP contribution in [0.15, 0.2) is 30.3 Å². The Labute approximate surface area is 141 Å². The van der Waals surface area contributed by atoms with Crippen LogP contribution in [-0.2, 0) is 23.7 Å². The molecule has 1 spiro atoms. The van der Waals surface area contributed by atoms with Gasteiger partial charge in [0, 0.05) is 20.0 Å². The number of rotatable bonds is 3. The highest BCUT2D eigenvalue weighted by Crippen LogP contribution is 2.53. The Hall–Kier alpha value is -1.47. The van der Waals surface area contributed by atoms with Crippen molar-refractivity contribution in [3.8, 4) is 0 Å². The van der Waals surface area contributed by atoms with E-state index in [0.29, 0.717) is 18.4 Å². The number of hydrogen-bond acceptors (Lipinski definition) is 6. The van der Waals surface area contributed by atoms with E-state index >= 15 is 0 Å². The standard InChI is InChI=1S/C18H22O6/c1-17(2)22-13-14(23-17)18(24-16(13)20-3)9-12(10-18)21-15(19)11-7-5-4-6-8-11/h4-8,12-14,16H,9-10H2,1-3H3/t12-,13-,14+,16-,18+/m1/s1. The zero-order chi connectivity index (χ0) is 16.9. The van der Waals surface area contributed by atoms with Gasteiger partial charge in [-0.05, 0) is 26.0 Å². The van der Waals surface area contributed by atoms with Crippen LogP contribution in [0.1, 0.15) is 37.0 Å². The van der Waals surface area contributed by atoms with Gasteiger partial charge < -0.3 is 23.7 Å². The van der Waals surface area contributed by atoms with E-state index in [0.717, 1.165) is 0 Å². The lowest BCUT2D eigenvalue weighted by molar-refractivity contribution is -0.277. The Morgan fingerprint density at radius 2 is 1.83 bits per heavy atom. The average Bonchev–Trinajstić information content (AvgIpc) is 2.99. The van der Waals surface area contributed by atoms with E-state index in [-0.39, 0.29) is 24.3 Å². The molecule has 0 N–H and O–H groups in total. The maximum Gasteiger partial charge on any atom is 0.338 e. The lowest BCUT2D eigenvalue weighted by Crippen LogP contribution is -2.56. The molecule has 0 unspecified atom stereocenters. The van der Waals surface area contributed by atoms with Crippen LogP contribution in [0.2, 0.25) is 0 Å². The van der Waals surface area contributed by atoms with Gasteiger partial charge in [0.05, 0.1) is 5.56 Å². The quantitative estimate of drug-likeness (QED) is 0.790. The minimum Gasteiger partial charge on any atom is -0.459 e. The minimum atomic E-state index is -0.658. The first-order valence-corrected chi connectivity index (χ1v) is 8.25. The lowest BCUT2D eigenvalue weighted by atomic mass is 9.73. The van der Waals surface area contributed by atoms with Gasteiger partial charge in [-0.3, -0.25) is 0 Å². The van der Waals surface area contributed by atoms with E-state index in [2.05, 4.69) is 0 Å². The molecule has 2 saturated heterocycles. The molecule has 1 aliphatic carbocycles. The van der Waals surface area contributed by atoms with Gasteiger partial charge in [-0.1, -0.05) is 18.2 Å². The van der Waals surface area contributed by atoms with E-state index in [1.54, 1.807) is 19.2 Å². The van der Waals surface area contributed by atoms with Crippen molar-refractivity contribution in [1.29, 1.82) is 0 Å². The number of esters is 1. The fourth-order valence-electron chi connectivity index (χ4n) is 3.86. The minimum absolute atomic E-state index is 0.179. The smallest absolute Gasteiger partial charge is 0.338 e. The van der Waals surface area contributed by atoms with Gasteiger partial charge in [0.15, 0.2) is 12.1 Å². The van der Waals surface area contributed by atoms with Crippen LogP contribution in [0.5, 0.6) is 0 Å². The highest BCUT2D eigenvalue weighted by Gasteiger charge is 2.68. The molecule has 6 nitrogen and oxygen atoms in total. The predicted octanol–water partition coefficient (Wildman–Crippen LogP) is 2.27. The molecule has 0 aromatic heterocycles. The number of benzene rings is 1. The Morgan fingerprint density at radius 1 is 1.12 bits per heavy atom. The first kappa shape index (κ1) is 16.0. The van der Waals surface area contributed by atoms with Gasteiger partial charge in [0.25, 0.3) is 0 Å². The summed E-state index contributed by atoms with van der Waals surface area (Å²) in [5, 5.41) is 0. The maximum absolute atomic E-state index is 12.2. The SMILES string of the molecule is CO[C@@H]1O[C@]2(C[C@@H](OC(=O)c3ccccc3)C2)[C@H]2OC(C)(C)O[C@@H]12. The van der Waals surface area contributed by atoms with Gasteiger partial charge in [-0.15, -0.1) is 0 Å². The lowest BCUT2D eigenvalue weighted by Gasteiger charge is -2.46. The summed E-state index contributed by atoms with van der Waals surface area (Å²) >= 11 is 0. The van der Waals surface area contributed by atoms with E-state index in [4.69, 9.17) is 23.7 Å². The topological polar surface area (TPSA) is 63.2 Å². The number of carbonyl (C=O) groups excluding carboxylic acids is 1. The third kappa shape index (κ3) is 2.54. The summed E-state index contributed by atoms with van der Waals surface area (Å²) in [6.45, 7) is 3.77. The summed E-state index contributed by atoms with van der Waals surface area (Å²) in [5.41, 5.74) is 0.0563. The Kier molecular flexibility index (Phi) is 3.69. The molecule has 130 valence electrons. The van der Waals surface area contributed by atoms with E-state index in [1.807, 2.05) is 32.0 Å². The molecule has 6 heteroatoms. The highest BCUT2D eigenvalue weighted by molar-refractivity contribution is 5.89. The molecule has 4 rings (SSSR count). The van der Waals surface area contributed by atoms with Crippen molar-refractivity contribution in [2.75, 3.05) is 7.11 Å². The number of carbonyl (C=O) groups is 1. The van der Waals surface area contributed by atoms with Crippen LogP contribution >= 0.6 is 0 Å². The number of methoxy groups -OCH3 is 1. The van der Waals surface area contributed by atoms with Crippen molar-refractivity contribution < 1.29 is 28.5 Å². The zero-order valence-corrected chi connectivity index (χ0v) is 14.1. The van der Waals surface area contributed by atoms with Crippen LogP contribution in [0.4, 0.5) is 0 Å². The van der Waals surface area contributed by atoms with Crippen molar-refractivity contribution in [2.45, 2.75) is 62.7 Å². The van der Waals surface area contributed by atoms with Crippen molar-refractivity contribution in [3.63, 3.8) is 0 Å². The molecule has 0 bridgehead atoms. The largest absolute Gasteiger partial charge is 0.459 e. The highest BCUT2D eigenvalue weighted by atomic mass is 16.8. The van der Waals surface area contributed by atoms with Crippen molar-refractivity contribution >= 4 is 5.97 Å². The normalized spacial score (nSPS) is 39.5. The fraction of sp³-hybridized carbons (Fsp3) is 0.611. The summed E-state index contributed by atoms with van der Waals surface area (Å²) in [4.78, 5) is 12.2. The monoisotopic (exact) mass is 334 g/mol. The third-order valence-corrected chi connectivity index (χ3v) is 4.93. The Balaban J connectivity index is 1.42. The molecule has 2 heterocycles. The van der Waals surface area contributed by atoms with Gasteiger partial charge in [-0.2, -0.15) is 0 Å². The van der Waals surface area contributed by atoms with E-state index in [9.17, 15) is 4.79 Å². The van der Waals surface area contributed by atoms with Crippen LogP contribution in [-0.4, -0.2) is 49.1 Å². The molecule has 3 fully saturated rings. The van der Waals surface area contributed by atoms with Crippen molar-refractivity contribution in [1.82, 2.24) is 0 Å². The summed E-state index contributed by atoms with van der Waals surface area (Å²) in [7, 11) is 1.60. The van der Waals surface area contributed by atoms with E-state index in [1.165, 1.54) is 0 Å². The van der Waals surface area contributed by atoms with Crippen molar-refractivity contribution in [3.05, 3.63) is 35.9 Å². The number of ether oxygens (including phenoxy) is 5. The Bertz CT molecular complexity index is 622. The molecule has 0 amide bonds. The number of fused-ring (bicyclic) bond motifs is 2. The summed E-state index contributed by atoms with van der Waals surface area (Å²) in [6.07, 6.45) is 0.0849. The molecule has 3 atom stereocenters. The predicted molar refractivity (Wildman–Crippen MR) is 83.3 cm³/mol. The summed E-state index contributed by atoms with van der Waals surface area (Å²) in [5.74, 6) is -0.966. The van der Waals surface area contributed by atoms with Crippen LogP contribution < -0.4 is 0 Å². The second kappa shape index (κ2) is 5.52. The van der Waals surface area contributed by atoms with Crippen LogP contribution in [0, 0.1) is 0 Å². The fourth-order valence-corrected chi connectivity index (χ4v) is 3.86. The van der Waals surface area contributed by atoms with Crippen molar-refractivity contribution in [2.24, 2.45) is 0 Å². The molecule has 1 saturated carbocycles. The zero-order valence-electron chi connectivity index (χ0n) is 14.1. The Morgan fingerprint density at radius 3 is 2.50 bits per heavy atom. The van der Waals surface area contributed by atoms with Gasteiger partial charge >= 0.3 is 5.97 Å². The van der Waals surface area contributed by atoms with Gasteiger partial charge in [0.1, 0.15) is 23.9 Å². The van der Waals surface area contributed by atoms with Crippen LogP contribution in [0.25, 0.3) is 0 Å². The second-order valence-electron chi connectivity index (χ2n) is 7.11. The molecular formula is C18H22O6. The summed E-state index contributed by atoms with van der Waals surface area (Å²) < 4.78 is 29.0. The molecule has 0 radical (unpaired) electrons. The molecule has 2 aliphatic heterocycles. The van der Waals surface area contributed by atoms with Crippen LogP contribution in [0.3, 0.4) is 0 Å². The third-order valence-electron chi connectivity index (χ3n) is 4.93. The summed E-state index contributed by atoms with van der Waals surface area (Å²) in [6, 6.07) is 9.00. The van der Waals surface area contributed by atoms with Gasteiger partial charge in [-0.25, -0.2) is 4.79 Å². The molecule has 1 aromatic carbocycles. The second-order valence-corrected chi connectivity index (χ2v) is 7.11. The number of hydrogen-bond donors (Lipinski definition) is 0. The molecule has 3 aliphatic rings. The molecular weight excluding hydrogens is 312 g/mol. The first-order valence-electron chi connectivity index (χ1n) is 8.25. The maximum atomic E-state index is 12.2. The van der Waals surface area contributed by atoms with E-state index < -0.39 is 17.7 Å².